The van der Waals surface area contributed by atoms with Gasteiger partial charge in [0.1, 0.15) is 16.4 Å². The van der Waals surface area contributed by atoms with Gasteiger partial charge in [-0.1, -0.05) is 36.9 Å². The molecular weight excluding hydrogens is 276 g/mol. The molecule has 0 N–H and O–H groups in total. The van der Waals surface area contributed by atoms with Crippen molar-refractivity contribution in [3.05, 3.63) is 66.7 Å². The molecule has 0 unspecified atom stereocenters. The maximum Gasteiger partial charge on any atom is 0.339 e. The Labute approximate surface area is 118 Å². The average molecular weight is 290 g/mol. The molecule has 0 aliphatic rings. The van der Waals surface area contributed by atoms with E-state index in [1.807, 2.05) is 6.07 Å². The summed E-state index contributed by atoms with van der Waals surface area (Å²) in [5.41, 5.74) is 0.615. The Bertz CT molecular complexity index is 688. The highest BCUT2D eigenvalue weighted by Gasteiger charge is 2.17. The SMILES string of the molecule is C=C(OS(=O)(=O)c1ccc(OC)cc1)c1ccccc1. The van der Waals surface area contributed by atoms with Crippen LogP contribution in [0.4, 0.5) is 0 Å². The van der Waals surface area contributed by atoms with Crippen LogP contribution in [0.5, 0.6) is 5.75 Å². The first-order valence-electron chi connectivity index (χ1n) is 5.86. The minimum Gasteiger partial charge on any atom is -0.497 e. The predicted molar refractivity (Wildman–Crippen MR) is 76.7 cm³/mol. The van der Waals surface area contributed by atoms with Gasteiger partial charge >= 0.3 is 10.1 Å². The number of benzene rings is 2. The smallest absolute Gasteiger partial charge is 0.339 e. The number of hydrogen-bond acceptors (Lipinski definition) is 4. The summed E-state index contributed by atoms with van der Waals surface area (Å²) in [5, 5.41) is 0. The van der Waals surface area contributed by atoms with Crippen LogP contribution >= 0.6 is 0 Å². The van der Waals surface area contributed by atoms with Crippen molar-refractivity contribution in [3.8, 4) is 5.75 Å². The molecular formula is C15H14O4S. The zero-order valence-corrected chi connectivity index (χ0v) is 11.8. The van der Waals surface area contributed by atoms with E-state index in [0.29, 0.717) is 11.3 Å². The molecule has 2 aromatic rings. The molecule has 4 nitrogen and oxygen atoms in total. The summed E-state index contributed by atoms with van der Waals surface area (Å²) in [7, 11) is -2.38. The maximum atomic E-state index is 12.1. The molecule has 0 aromatic heterocycles. The largest absolute Gasteiger partial charge is 0.497 e. The lowest BCUT2D eigenvalue weighted by atomic mass is 10.2. The van der Waals surface area contributed by atoms with Gasteiger partial charge in [-0.05, 0) is 24.3 Å². The molecule has 2 rings (SSSR count). The van der Waals surface area contributed by atoms with Crippen LogP contribution in [0, 0.1) is 0 Å². The van der Waals surface area contributed by atoms with Gasteiger partial charge in [-0.2, -0.15) is 8.42 Å². The molecule has 0 fully saturated rings. The fraction of sp³-hybridized carbons (Fsp3) is 0.0667. The topological polar surface area (TPSA) is 52.6 Å². The van der Waals surface area contributed by atoms with Crippen LogP contribution in [-0.4, -0.2) is 15.5 Å². The Hall–Kier alpha value is -2.27. The first-order chi connectivity index (χ1) is 9.53. The summed E-state index contributed by atoms with van der Waals surface area (Å²) in [6.45, 7) is 3.64. The lowest BCUT2D eigenvalue weighted by Gasteiger charge is -2.09. The van der Waals surface area contributed by atoms with Crippen molar-refractivity contribution in [3.63, 3.8) is 0 Å². The maximum absolute atomic E-state index is 12.1. The summed E-state index contributed by atoms with van der Waals surface area (Å²) in [4.78, 5) is 0.0513. The van der Waals surface area contributed by atoms with Crippen LogP contribution in [0.2, 0.25) is 0 Å². The van der Waals surface area contributed by atoms with Crippen LogP contribution in [0.25, 0.3) is 5.76 Å². The molecule has 0 aliphatic heterocycles. The molecule has 2 aromatic carbocycles. The van der Waals surface area contributed by atoms with E-state index in [9.17, 15) is 8.42 Å². The summed E-state index contributed by atoms with van der Waals surface area (Å²) in [6, 6.07) is 14.8. The molecule has 0 spiro atoms. The van der Waals surface area contributed by atoms with Crippen LogP contribution in [0.15, 0.2) is 66.1 Å². The quantitative estimate of drug-likeness (QED) is 0.627. The lowest BCUT2D eigenvalue weighted by molar-refractivity contribution is 0.414. The Morgan fingerprint density at radius 2 is 1.60 bits per heavy atom. The molecule has 0 saturated carbocycles. The minimum atomic E-state index is -3.89. The van der Waals surface area contributed by atoms with Crippen molar-refractivity contribution >= 4 is 15.9 Å². The number of rotatable bonds is 5. The summed E-state index contributed by atoms with van der Waals surface area (Å²) in [6.07, 6.45) is 0. The highest BCUT2D eigenvalue weighted by atomic mass is 32.2. The van der Waals surface area contributed by atoms with Gasteiger partial charge in [-0.3, -0.25) is 0 Å². The van der Waals surface area contributed by atoms with Crippen LogP contribution in [0.3, 0.4) is 0 Å². The molecule has 20 heavy (non-hydrogen) atoms. The Morgan fingerprint density at radius 1 is 1.00 bits per heavy atom. The van der Waals surface area contributed by atoms with Crippen molar-refractivity contribution in [2.24, 2.45) is 0 Å². The van der Waals surface area contributed by atoms with E-state index >= 15 is 0 Å². The van der Waals surface area contributed by atoms with E-state index in [2.05, 4.69) is 6.58 Å². The molecule has 0 aliphatic carbocycles. The second-order valence-corrected chi connectivity index (χ2v) is 5.55. The van der Waals surface area contributed by atoms with E-state index in [1.54, 1.807) is 36.4 Å². The normalized spacial score (nSPS) is 10.8. The Balaban J connectivity index is 2.20. The third-order valence-corrected chi connectivity index (χ3v) is 3.92. The van der Waals surface area contributed by atoms with E-state index in [1.165, 1.54) is 19.2 Å². The van der Waals surface area contributed by atoms with Crippen LogP contribution < -0.4 is 4.74 Å². The van der Waals surface area contributed by atoms with E-state index in [0.717, 1.165) is 0 Å². The predicted octanol–water partition coefficient (Wildman–Crippen LogP) is 3.07. The number of methoxy groups -OCH3 is 1. The van der Waals surface area contributed by atoms with Gasteiger partial charge in [0.25, 0.3) is 0 Å². The minimum absolute atomic E-state index is 0.0513. The summed E-state index contributed by atoms with van der Waals surface area (Å²) < 4.78 is 34.2. The second-order valence-electron chi connectivity index (χ2n) is 4.00. The first-order valence-corrected chi connectivity index (χ1v) is 7.26. The fourth-order valence-electron chi connectivity index (χ4n) is 1.60. The highest BCUT2D eigenvalue weighted by molar-refractivity contribution is 7.87. The van der Waals surface area contributed by atoms with Gasteiger partial charge in [-0.15, -0.1) is 0 Å². The van der Waals surface area contributed by atoms with E-state index in [-0.39, 0.29) is 10.7 Å². The van der Waals surface area contributed by atoms with Crippen LogP contribution in [0.1, 0.15) is 5.56 Å². The van der Waals surface area contributed by atoms with Gasteiger partial charge in [0, 0.05) is 5.56 Å². The molecule has 0 heterocycles. The van der Waals surface area contributed by atoms with E-state index in [4.69, 9.17) is 8.92 Å². The highest BCUT2D eigenvalue weighted by Crippen LogP contribution is 2.22. The summed E-state index contributed by atoms with van der Waals surface area (Å²) in [5.74, 6) is 0.659. The molecule has 0 bridgehead atoms. The fourth-order valence-corrected chi connectivity index (χ4v) is 2.52. The van der Waals surface area contributed by atoms with Crippen molar-refractivity contribution in [2.75, 3.05) is 7.11 Å². The molecule has 0 saturated heterocycles. The third kappa shape index (κ3) is 3.19. The van der Waals surface area contributed by atoms with Crippen molar-refractivity contribution < 1.29 is 17.3 Å². The number of hydrogen-bond donors (Lipinski definition) is 0. The average Bonchev–Trinajstić information content (AvgIpc) is 2.48. The molecule has 0 amide bonds. The monoisotopic (exact) mass is 290 g/mol. The molecule has 5 heteroatoms. The zero-order valence-electron chi connectivity index (χ0n) is 10.9. The van der Waals surface area contributed by atoms with Gasteiger partial charge in [0.05, 0.1) is 7.11 Å². The third-order valence-electron chi connectivity index (χ3n) is 2.65. The molecule has 0 atom stereocenters. The Kier molecular flexibility index (Phi) is 4.10. The van der Waals surface area contributed by atoms with Gasteiger partial charge in [-0.25, -0.2) is 0 Å². The summed E-state index contributed by atoms with van der Waals surface area (Å²) >= 11 is 0. The van der Waals surface area contributed by atoms with E-state index < -0.39 is 10.1 Å². The Morgan fingerprint density at radius 3 is 2.15 bits per heavy atom. The zero-order chi connectivity index (χ0) is 14.6. The standard InChI is InChI=1S/C15H14O4S/c1-12(13-6-4-3-5-7-13)19-20(16,17)15-10-8-14(18-2)9-11-15/h3-11H,1H2,2H3. The van der Waals surface area contributed by atoms with Crippen LogP contribution in [-0.2, 0) is 14.3 Å². The lowest BCUT2D eigenvalue weighted by Crippen LogP contribution is -2.05. The van der Waals surface area contributed by atoms with Crippen molar-refractivity contribution in [2.45, 2.75) is 4.90 Å². The van der Waals surface area contributed by atoms with Crippen molar-refractivity contribution in [1.29, 1.82) is 0 Å². The molecule has 104 valence electrons. The first kappa shape index (κ1) is 14.1. The molecule has 0 radical (unpaired) electrons. The van der Waals surface area contributed by atoms with Gasteiger partial charge in [0.2, 0.25) is 0 Å². The number of ether oxygens (including phenoxy) is 1. The van der Waals surface area contributed by atoms with Gasteiger partial charge in [0.15, 0.2) is 0 Å². The van der Waals surface area contributed by atoms with Crippen molar-refractivity contribution in [1.82, 2.24) is 0 Å². The van der Waals surface area contributed by atoms with Gasteiger partial charge < -0.3 is 8.92 Å². The second kappa shape index (κ2) is 5.79.